The fraction of sp³-hybridized carbons (Fsp3) is 0.593. The van der Waals surface area contributed by atoms with Crippen LogP contribution in [0.3, 0.4) is 0 Å². The van der Waals surface area contributed by atoms with Gasteiger partial charge < -0.3 is 20.0 Å². The van der Waals surface area contributed by atoms with Gasteiger partial charge in [-0.25, -0.2) is 4.79 Å². The summed E-state index contributed by atoms with van der Waals surface area (Å²) in [5, 5.41) is 2.63. The lowest BCUT2D eigenvalue weighted by Gasteiger charge is -2.38. The van der Waals surface area contributed by atoms with Crippen LogP contribution in [0.15, 0.2) is 35.5 Å². The summed E-state index contributed by atoms with van der Waals surface area (Å²) in [6.45, 7) is 11.5. The highest BCUT2D eigenvalue weighted by molar-refractivity contribution is 6.03. The fourth-order valence-corrected chi connectivity index (χ4v) is 5.64. The van der Waals surface area contributed by atoms with Crippen molar-refractivity contribution < 1.29 is 27.6 Å². The zero-order valence-electron chi connectivity index (χ0n) is 22.3. The van der Waals surface area contributed by atoms with Crippen LogP contribution in [0.1, 0.15) is 51.3 Å². The third kappa shape index (κ3) is 5.25. The Morgan fingerprint density at radius 1 is 1.05 bits per heavy atom. The second-order valence-corrected chi connectivity index (χ2v) is 10.4. The number of benzene rings is 1. The lowest BCUT2D eigenvalue weighted by Crippen LogP contribution is -2.55. The first-order valence-corrected chi connectivity index (χ1v) is 13.3. The number of hydrogen-bond donors (Lipinski definition) is 1. The van der Waals surface area contributed by atoms with E-state index in [1.54, 1.807) is 11.8 Å². The molecule has 2 unspecified atom stereocenters. The SMILES string of the molecule is CCN1CCN(C(=O)C(CC(C)C)N2CC3=C(C2=O)C(c2ccccc2C(F)(F)F)NC(=O)N3CC)CC1. The molecule has 208 valence electrons. The van der Waals surface area contributed by atoms with Crippen LogP contribution in [0.25, 0.3) is 0 Å². The van der Waals surface area contributed by atoms with E-state index in [-0.39, 0.29) is 36.1 Å². The minimum absolute atomic E-state index is 0.00182. The number of halogens is 3. The molecule has 3 aliphatic heterocycles. The van der Waals surface area contributed by atoms with E-state index in [0.29, 0.717) is 25.2 Å². The molecule has 4 amide bonds. The van der Waals surface area contributed by atoms with Crippen molar-refractivity contribution in [3.8, 4) is 0 Å². The number of alkyl halides is 3. The van der Waals surface area contributed by atoms with Gasteiger partial charge in [0.2, 0.25) is 5.91 Å². The third-order valence-corrected chi connectivity index (χ3v) is 7.63. The topological polar surface area (TPSA) is 76.2 Å². The Bertz CT molecular complexity index is 1110. The maximum Gasteiger partial charge on any atom is 0.416 e. The van der Waals surface area contributed by atoms with Crippen LogP contribution < -0.4 is 5.32 Å². The predicted octanol–water partition coefficient (Wildman–Crippen LogP) is 3.47. The lowest BCUT2D eigenvalue weighted by atomic mass is 9.91. The number of likely N-dealkylation sites (N-methyl/N-ethyl adjacent to an activating group) is 2. The third-order valence-electron chi connectivity index (χ3n) is 7.63. The van der Waals surface area contributed by atoms with Crippen molar-refractivity contribution in [2.75, 3.05) is 45.8 Å². The summed E-state index contributed by atoms with van der Waals surface area (Å²) in [4.78, 5) is 47.6. The Morgan fingerprint density at radius 3 is 2.29 bits per heavy atom. The van der Waals surface area contributed by atoms with Gasteiger partial charge in [0.15, 0.2) is 0 Å². The molecule has 4 rings (SSSR count). The molecule has 0 bridgehead atoms. The molecular weight excluding hydrogens is 499 g/mol. The largest absolute Gasteiger partial charge is 0.416 e. The molecule has 3 aliphatic rings. The molecule has 11 heteroatoms. The number of amides is 4. The van der Waals surface area contributed by atoms with Crippen LogP contribution >= 0.6 is 0 Å². The monoisotopic (exact) mass is 535 g/mol. The standard InChI is InChI=1S/C27H36F3N5O3/c1-5-32-11-13-33(14-12-32)24(36)20(15-17(3)4)35-16-21-22(25(35)37)23(31-26(38)34(21)6-2)18-9-7-8-10-19(18)27(28,29)30/h7-10,17,20,23H,5-6,11-16H2,1-4H3,(H,31,38). The Kier molecular flexibility index (Phi) is 8.06. The van der Waals surface area contributed by atoms with E-state index >= 15 is 0 Å². The molecule has 2 atom stereocenters. The zero-order valence-corrected chi connectivity index (χ0v) is 22.3. The van der Waals surface area contributed by atoms with Crippen LogP contribution in [-0.2, 0) is 15.8 Å². The normalized spacial score (nSPS) is 21.8. The van der Waals surface area contributed by atoms with Crippen LogP contribution in [0.2, 0.25) is 0 Å². The number of nitrogens with one attached hydrogen (secondary N) is 1. The zero-order chi connectivity index (χ0) is 27.8. The molecule has 0 aliphatic carbocycles. The minimum Gasteiger partial charge on any atom is -0.338 e. The summed E-state index contributed by atoms with van der Waals surface area (Å²) < 4.78 is 41.7. The van der Waals surface area contributed by atoms with Gasteiger partial charge in [0.05, 0.1) is 29.4 Å². The van der Waals surface area contributed by atoms with E-state index < -0.39 is 35.8 Å². The van der Waals surface area contributed by atoms with Gasteiger partial charge in [-0.1, -0.05) is 39.0 Å². The van der Waals surface area contributed by atoms with E-state index in [1.165, 1.54) is 28.0 Å². The molecule has 3 heterocycles. The molecule has 1 aromatic carbocycles. The van der Waals surface area contributed by atoms with E-state index in [9.17, 15) is 27.6 Å². The molecule has 0 saturated carbocycles. The second kappa shape index (κ2) is 11.0. The summed E-state index contributed by atoms with van der Waals surface area (Å²) in [6.07, 6.45) is -4.25. The molecule has 38 heavy (non-hydrogen) atoms. The number of carbonyl (C=O) groups is 3. The Balaban J connectivity index is 1.71. The van der Waals surface area contributed by atoms with Gasteiger partial charge in [0.1, 0.15) is 6.04 Å². The van der Waals surface area contributed by atoms with Crippen LogP contribution in [-0.4, -0.2) is 89.3 Å². The van der Waals surface area contributed by atoms with E-state index in [4.69, 9.17) is 0 Å². The van der Waals surface area contributed by atoms with Crippen molar-refractivity contribution in [2.24, 2.45) is 5.92 Å². The molecule has 0 spiro atoms. The van der Waals surface area contributed by atoms with Crippen molar-refractivity contribution in [3.63, 3.8) is 0 Å². The summed E-state index contributed by atoms with van der Waals surface area (Å²) in [5.41, 5.74) is -0.632. The first kappa shape index (κ1) is 27.9. The number of hydrogen-bond acceptors (Lipinski definition) is 4. The van der Waals surface area contributed by atoms with Gasteiger partial charge in [-0.15, -0.1) is 0 Å². The van der Waals surface area contributed by atoms with Gasteiger partial charge >= 0.3 is 12.2 Å². The number of nitrogens with zero attached hydrogens (tertiary/aromatic N) is 4. The number of carbonyl (C=O) groups excluding carboxylic acids is 3. The molecule has 1 fully saturated rings. The van der Waals surface area contributed by atoms with E-state index in [2.05, 4.69) is 17.1 Å². The van der Waals surface area contributed by atoms with Gasteiger partial charge in [0, 0.05) is 32.7 Å². The summed E-state index contributed by atoms with van der Waals surface area (Å²) in [6, 6.07) is 2.38. The first-order chi connectivity index (χ1) is 18.0. The second-order valence-electron chi connectivity index (χ2n) is 10.4. The number of piperazine rings is 1. The lowest BCUT2D eigenvalue weighted by molar-refractivity contribution is -0.145. The fourth-order valence-electron chi connectivity index (χ4n) is 5.64. The van der Waals surface area contributed by atoms with Crippen LogP contribution in [0.5, 0.6) is 0 Å². The first-order valence-electron chi connectivity index (χ1n) is 13.3. The Labute approximate surface area is 221 Å². The van der Waals surface area contributed by atoms with Crippen molar-refractivity contribution >= 4 is 17.8 Å². The van der Waals surface area contributed by atoms with Crippen molar-refractivity contribution in [1.82, 2.24) is 24.9 Å². The molecule has 0 aromatic heterocycles. The molecular formula is C27H36F3N5O3. The predicted molar refractivity (Wildman–Crippen MR) is 136 cm³/mol. The van der Waals surface area contributed by atoms with Crippen molar-refractivity contribution in [3.05, 3.63) is 46.7 Å². The molecule has 1 N–H and O–H groups in total. The Hall–Kier alpha value is -3.08. The molecule has 1 saturated heterocycles. The van der Waals surface area contributed by atoms with Crippen LogP contribution in [0.4, 0.5) is 18.0 Å². The minimum atomic E-state index is -4.66. The highest BCUT2D eigenvalue weighted by Crippen LogP contribution is 2.42. The maximum absolute atomic E-state index is 14.0. The average molecular weight is 536 g/mol. The van der Waals surface area contributed by atoms with E-state index in [0.717, 1.165) is 25.7 Å². The van der Waals surface area contributed by atoms with Gasteiger partial charge in [0.25, 0.3) is 5.91 Å². The smallest absolute Gasteiger partial charge is 0.338 e. The highest BCUT2D eigenvalue weighted by atomic mass is 19.4. The van der Waals surface area contributed by atoms with Crippen molar-refractivity contribution in [1.29, 1.82) is 0 Å². The quantitative estimate of drug-likeness (QED) is 0.580. The van der Waals surface area contributed by atoms with Gasteiger partial charge in [-0.2, -0.15) is 13.2 Å². The van der Waals surface area contributed by atoms with Crippen molar-refractivity contribution in [2.45, 2.75) is 52.4 Å². The number of rotatable bonds is 7. The van der Waals surface area contributed by atoms with Gasteiger partial charge in [-0.3, -0.25) is 14.5 Å². The van der Waals surface area contributed by atoms with E-state index in [1.807, 2.05) is 13.8 Å². The summed E-state index contributed by atoms with van der Waals surface area (Å²) in [7, 11) is 0. The molecule has 1 aromatic rings. The Morgan fingerprint density at radius 2 is 1.71 bits per heavy atom. The average Bonchev–Trinajstić information content (AvgIpc) is 3.22. The molecule has 0 radical (unpaired) electrons. The summed E-state index contributed by atoms with van der Waals surface area (Å²) in [5.74, 6) is -0.570. The summed E-state index contributed by atoms with van der Waals surface area (Å²) >= 11 is 0. The maximum atomic E-state index is 14.0. The highest BCUT2D eigenvalue weighted by Gasteiger charge is 2.49. The van der Waals surface area contributed by atoms with Gasteiger partial charge in [-0.05, 0) is 37.4 Å². The number of urea groups is 1. The molecule has 8 nitrogen and oxygen atoms in total. The van der Waals surface area contributed by atoms with Crippen LogP contribution in [0, 0.1) is 5.92 Å².